The average Bonchev–Trinajstić information content (AvgIpc) is 2.72. The number of piperazine rings is 1. The number of anilines is 1. The maximum atomic E-state index is 13.2. The SMILES string of the molecule is O=C(/C=C/c1ccccc1N1CCN(Cc2ccccc2C(F)(F)F)CC1)NO. The standard InChI is InChI=1S/C21H22F3N3O2/c22-21(23,24)18-7-3-1-6-17(18)15-26-11-13-27(14-12-26)19-8-4-2-5-16(19)9-10-20(28)25-29/h1-10,29H,11-15H2,(H,25,28)/b10-9+. The van der Waals surface area contributed by atoms with Gasteiger partial charge in [-0.05, 0) is 29.3 Å². The van der Waals surface area contributed by atoms with Gasteiger partial charge in [-0.25, -0.2) is 5.48 Å². The molecule has 0 aromatic heterocycles. The van der Waals surface area contributed by atoms with Gasteiger partial charge in [0.15, 0.2) is 0 Å². The fourth-order valence-electron chi connectivity index (χ4n) is 3.44. The summed E-state index contributed by atoms with van der Waals surface area (Å²) in [4.78, 5) is 15.4. The lowest BCUT2D eigenvalue weighted by molar-refractivity contribution is -0.138. The topological polar surface area (TPSA) is 55.8 Å². The van der Waals surface area contributed by atoms with Gasteiger partial charge in [-0.1, -0.05) is 36.4 Å². The molecule has 0 radical (unpaired) electrons. The Morgan fingerprint density at radius 3 is 2.38 bits per heavy atom. The lowest BCUT2D eigenvalue weighted by Crippen LogP contribution is -2.46. The number of hydroxylamine groups is 1. The molecule has 1 fully saturated rings. The zero-order chi connectivity index (χ0) is 20.9. The van der Waals surface area contributed by atoms with Crippen molar-refractivity contribution in [3.05, 3.63) is 71.3 Å². The predicted octanol–water partition coefficient (Wildman–Crippen LogP) is 3.55. The van der Waals surface area contributed by atoms with Crippen LogP contribution in [0.15, 0.2) is 54.6 Å². The Labute approximate surface area is 167 Å². The van der Waals surface area contributed by atoms with Crippen LogP contribution < -0.4 is 10.4 Å². The number of nitrogens with zero attached hydrogens (tertiary/aromatic N) is 2. The second-order valence-corrected chi connectivity index (χ2v) is 6.79. The molecule has 8 heteroatoms. The van der Waals surface area contributed by atoms with Crippen LogP contribution in [0.3, 0.4) is 0 Å². The molecule has 2 aromatic rings. The number of benzene rings is 2. The summed E-state index contributed by atoms with van der Waals surface area (Å²) in [5, 5.41) is 8.61. The molecule has 1 heterocycles. The number of hydrogen-bond acceptors (Lipinski definition) is 4. The number of alkyl halides is 3. The molecule has 0 unspecified atom stereocenters. The first-order chi connectivity index (χ1) is 13.9. The Balaban J connectivity index is 1.67. The fourth-order valence-corrected chi connectivity index (χ4v) is 3.44. The summed E-state index contributed by atoms with van der Waals surface area (Å²) < 4.78 is 39.6. The molecule has 1 saturated heterocycles. The van der Waals surface area contributed by atoms with Crippen molar-refractivity contribution >= 4 is 17.7 Å². The summed E-state index contributed by atoms with van der Waals surface area (Å²) in [5.74, 6) is -0.618. The third kappa shape index (κ3) is 5.36. The maximum Gasteiger partial charge on any atom is 0.416 e. The van der Waals surface area contributed by atoms with Gasteiger partial charge >= 0.3 is 6.18 Å². The molecule has 2 N–H and O–H groups in total. The number of rotatable bonds is 5. The van der Waals surface area contributed by atoms with Crippen molar-refractivity contribution in [3.63, 3.8) is 0 Å². The normalized spacial score (nSPS) is 15.7. The molecule has 1 aliphatic heterocycles. The van der Waals surface area contributed by atoms with Gasteiger partial charge in [0.05, 0.1) is 5.56 Å². The molecule has 29 heavy (non-hydrogen) atoms. The molecule has 0 saturated carbocycles. The molecule has 0 atom stereocenters. The zero-order valence-electron chi connectivity index (χ0n) is 15.7. The minimum Gasteiger partial charge on any atom is -0.368 e. The average molecular weight is 405 g/mol. The molecular weight excluding hydrogens is 383 g/mol. The van der Waals surface area contributed by atoms with Gasteiger partial charge in [0.2, 0.25) is 0 Å². The van der Waals surface area contributed by atoms with Crippen LogP contribution in [-0.4, -0.2) is 42.2 Å². The minimum atomic E-state index is -4.36. The molecule has 154 valence electrons. The summed E-state index contributed by atoms with van der Waals surface area (Å²) in [6.07, 6.45) is -1.50. The molecule has 0 aliphatic carbocycles. The summed E-state index contributed by atoms with van der Waals surface area (Å²) >= 11 is 0. The number of amides is 1. The van der Waals surface area contributed by atoms with Crippen molar-refractivity contribution in [1.82, 2.24) is 10.4 Å². The van der Waals surface area contributed by atoms with E-state index in [0.717, 1.165) is 17.3 Å². The second kappa shape index (κ2) is 9.11. The minimum absolute atomic E-state index is 0.252. The van der Waals surface area contributed by atoms with Crippen LogP contribution in [0.5, 0.6) is 0 Å². The van der Waals surface area contributed by atoms with Crippen LogP contribution in [0, 0.1) is 0 Å². The van der Waals surface area contributed by atoms with Crippen LogP contribution in [0.4, 0.5) is 18.9 Å². The van der Waals surface area contributed by atoms with E-state index >= 15 is 0 Å². The van der Waals surface area contributed by atoms with Gasteiger partial charge in [0, 0.05) is 44.5 Å². The van der Waals surface area contributed by atoms with Crippen molar-refractivity contribution in [1.29, 1.82) is 0 Å². The molecule has 1 amide bonds. The summed E-state index contributed by atoms with van der Waals surface area (Å²) in [6.45, 7) is 2.82. The number of para-hydroxylation sites is 1. The first-order valence-corrected chi connectivity index (χ1v) is 9.22. The van der Waals surface area contributed by atoms with Crippen molar-refractivity contribution in [2.24, 2.45) is 0 Å². The quantitative estimate of drug-likeness (QED) is 0.454. The predicted molar refractivity (Wildman–Crippen MR) is 104 cm³/mol. The van der Waals surface area contributed by atoms with Crippen LogP contribution >= 0.6 is 0 Å². The number of carbonyl (C=O) groups is 1. The molecule has 0 spiro atoms. The monoisotopic (exact) mass is 405 g/mol. The van der Waals surface area contributed by atoms with Gasteiger partial charge in [0.25, 0.3) is 5.91 Å². The number of halogens is 3. The lowest BCUT2D eigenvalue weighted by atomic mass is 10.1. The third-order valence-corrected chi connectivity index (χ3v) is 4.89. The second-order valence-electron chi connectivity index (χ2n) is 6.79. The van der Waals surface area contributed by atoms with Crippen LogP contribution in [0.2, 0.25) is 0 Å². The molecule has 5 nitrogen and oxygen atoms in total. The number of hydrogen-bond donors (Lipinski definition) is 2. The highest BCUT2D eigenvalue weighted by atomic mass is 19.4. The van der Waals surface area contributed by atoms with E-state index in [0.29, 0.717) is 26.2 Å². The van der Waals surface area contributed by atoms with E-state index in [2.05, 4.69) is 4.90 Å². The van der Waals surface area contributed by atoms with E-state index in [1.54, 1.807) is 17.6 Å². The Kier molecular flexibility index (Phi) is 6.56. The van der Waals surface area contributed by atoms with Crippen molar-refractivity contribution in [2.45, 2.75) is 12.7 Å². The van der Waals surface area contributed by atoms with Crippen LogP contribution in [0.1, 0.15) is 16.7 Å². The molecular formula is C21H22F3N3O2. The Bertz CT molecular complexity index is 875. The summed E-state index contributed by atoms with van der Waals surface area (Å²) in [5.41, 5.74) is 3.01. The van der Waals surface area contributed by atoms with E-state index in [1.807, 2.05) is 29.2 Å². The van der Waals surface area contributed by atoms with Crippen LogP contribution in [-0.2, 0) is 17.5 Å². The van der Waals surface area contributed by atoms with E-state index < -0.39 is 17.6 Å². The van der Waals surface area contributed by atoms with E-state index in [1.165, 1.54) is 18.2 Å². The highest BCUT2D eigenvalue weighted by Crippen LogP contribution is 2.32. The molecule has 0 bridgehead atoms. The molecule has 3 rings (SSSR count). The largest absolute Gasteiger partial charge is 0.416 e. The Morgan fingerprint density at radius 2 is 1.69 bits per heavy atom. The van der Waals surface area contributed by atoms with Gasteiger partial charge in [-0.2, -0.15) is 13.2 Å². The maximum absolute atomic E-state index is 13.2. The van der Waals surface area contributed by atoms with Crippen LogP contribution in [0.25, 0.3) is 6.08 Å². The van der Waals surface area contributed by atoms with Gasteiger partial charge in [-0.15, -0.1) is 0 Å². The van der Waals surface area contributed by atoms with E-state index in [9.17, 15) is 18.0 Å². The number of nitrogens with one attached hydrogen (secondary N) is 1. The Morgan fingerprint density at radius 1 is 1.03 bits per heavy atom. The lowest BCUT2D eigenvalue weighted by Gasteiger charge is -2.37. The third-order valence-electron chi connectivity index (χ3n) is 4.89. The molecule has 2 aromatic carbocycles. The van der Waals surface area contributed by atoms with E-state index in [4.69, 9.17) is 5.21 Å². The summed E-state index contributed by atoms with van der Waals surface area (Å²) in [7, 11) is 0. The highest BCUT2D eigenvalue weighted by molar-refractivity contribution is 5.91. The van der Waals surface area contributed by atoms with Crippen molar-refractivity contribution in [3.8, 4) is 0 Å². The zero-order valence-corrected chi connectivity index (χ0v) is 15.7. The van der Waals surface area contributed by atoms with Crippen molar-refractivity contribution in [2.75, 3.05) is 31.1 Å². The smallest absolute Gasteiger partial charge is 0.368 e. The van der Waals surface area contributed by atoms with Crippen molar-refractivity contribution < 1.29 is 23.2 Å². The first kappa shape index (κ1) is 20.9. The Hall–Kier alpha value is -2.84. The van der Waals surface area contributed by atoms with Gasteiger partial charge < -0.3 is 4.90 Å². The van der Waals surface area contributed by atoms with E-state index in [-0.39, 0.29) is 12.1 Å². The summed E-state index contributed by atoms with van der Waals surface area (Å²) in [6, 6.07) is 13.2. The first-order valence-electron chi connectivity index (χ1n) is 9.22. The molecule has 1 aliphatic rings. The van der Waals surface area contributed by atoms with Gasteiger partial charge in [0.1, 0.15) is 0 Å². The fraction of sp³-hybridized carbons (Fsp3) is 0.286. The van der Waals surface area contributed by atoms with Gasteiger partial charge in [-0.3, -0.25) is 14.9 Å². The highest BCUT2D eigenvalue weighted by Gasteiger charge is 2.33. The number of carbonyl (C=O) groups excluding carboxylic acids is 1.